The third-order valence-electron chi connectivity index (χ3n) is 8.47. The summed E-state index contributed by atoms with van der Waals surface area (Å²) in [6.07, 6.45) is -2.73. The monoisotopic (exact) mass is 660 g/mol. The van der Waals surface area contributed by atoms with Gasteiger partial charge in [-0.25, -0.2) is 4.79 Å². The molecule has 5 rings (SSSR count). The zero-order valence-corrected chi connectivity index (χ0v) is 26.7. The topological polar surface area (TPSA) is 77.1 Å². The van der Waals surface area contributed by atoms with Gasteiger partial charge >= 0.3 is 12.1 Å². The van der Waals surface area contributed by atoms with Gasteiger partial charge in [0.05, 0.1) is 25.4 Å². The highest BCUT2D eigenvalue weighted by Crippen LogP contribution is 2.34. The van der Waals surface area contributed by atoms with Gasteiger partial charge in [-0.15, -0.1) is 0 Å². The number of benzene rings is 4. The number of carbonyl (C=O) groups excluding carboxylic acids is 2. The average Bonchev–Trinajstić information content (AvgIpc) is 3.11. The molecule has 4 aromatic rings. The van der Waals surface area contributed by atoms with Gasteiger partial charge < -0.3 is 19.5 Å². The summed E-state index contributed by atoms with van der Waals surface area (Å²) < 4.78 is 55.2. The quantitative estimate of drug-likeness (QED) is 0.117. The number of carbonyl (C=O) groups is 2. The van der Waals surface area contributed by atoms with Gasteiger partial charge in [-0.3, -0.25) is 9.69 Å². The maximum Gasteiger partial charge on any atom is 0.416 e. The minimum Gasteiger partial charge on any atom is -0.462 e. The van der Waals surface area contributed by atoms with Crippen LogP contribution in [0.25, 0.3) is 11.1 Å². The van der Waals surface area contributed by atoms with Crippen molar-refractivity contribution in [3.63, 3.8) is 0 Å². The summed E-state index contributed by atoms with van der Waals surface area (Å²) in [5.74, 6) is -0.366. The van der Waals surface area contributed by atoms with Gasteiger partial charge in [0.2, 0.25) is 0 Å². The zero-order valence-electron chi connectivity index (χ0n) is 26.7. The Morgan fingerprint density at radius 3 is 2.12 bits per heavy atom. The number of nitrogens with zero attached hydrogens (tertiary/aromatic N) is 1. The summed E-state index contributed by atoms with van der Waals surface area (Å²) >= 11 is 0. The van der Waals surface area contributed by atoms with E-state index in [4.69, 9.17) is 14.2 Å². The highest BCUT2D eigenvalue weighted by Gasteiger charge is 2.33. The van der Waals surface area contributed by atoms with Crippen molar-refractivity contribution in [1.82, 2.24) is 4.90 Å². The normalized spacial score (nSPS) is 14.8. The summed E-state index contributed by atoms with van der Waals surface area (Å²) in [7, 11) is 1.60. The van der Waals surface area contributed by atoms with Gasteiger partial charge in [0, 0.05) is 18.4 Å². The predicted octanol–water partition coefficient (Wildman–Crippen LogP) is 7.75. The summed E-state index contributed by atoms with van der Waals surface area (Å²) in [5, 5.41) is 2.92. The number of nitrogens with one attached hydrogen (secondary N) is 1. The molecule has 252 valence electrons. The Morgan fingerprint density at radius 2 is 1.46 bits per heavy atom. The molecule has 1 aliphatic rings. The number of piperidine rings is 1. The van der Waals surface area contributed by atoms with Crippen molar-refractivity contribution in [2.24, 2.45) is 0 Å². The highest BCUT2D eigenvalue weighted by atomic mass is 19.4. The van der Waals surface area contributed by atoms with Crippen molar-refractivity contribution in [1.29, 1.82) is 0 Å². The number of alkyl halides is 3. The Labute approximate surface area is 278 Å². The fourth-order valence-electron chi connectivity index (χ4n) is 5.96. The van der Waals surface area contributed by atoms with Gasteiger partial charge in [-0.1, -0.05) is 72.8 Å². The first kappa shape index (κ1) is 34.8. The number of ether oxygens (including phenoxy) is 3. The third kappa shape index (κ3) is 9.09. The molecule has 0 saturated carbocycles. The van der Waals surface area contributed by atoms with Crippen molar-refractivity contribution in [3.8, 4) is 11.1 Å². The van der Waals surface area contributed by atoms with E-state index >= 15 is 0 Å². The van der Waals surface area contributed by atoms with Crippen molar-refractivity contribution >= 4 is 17.6 Å². The molecule has 1 fully saturated rings. The number of rotatable bonds is 13. The van der Waals surface area contributed by atoms with Crippen LogP contribution in [0.2, 0.25) is 0 Å². The molecule has 48 heavy (non-hydrogen) atoms. The summed E-state index contributed by atoms with van der Waals surface area (Å²) in [6.45, 7) is 2.82. The maximum absolute atomic E-state index is 13.3. The molecule has 1 aliphatic heterocycles. The van der Waals surface area contributed by atoms with Crippen LogP contribution in [0.1, 0.15) is 51.8 Å². The Bertz CT molecular complexity index is 1620. The minimum absolute atomic E-state index is 0.172. The Balaban J connectivity index is 1.19. The van der Waals surface area contributed by atoms with Crippen molar-refractivity contribution in [3.05, 3.63) is 125 Å². The van der Waals surface area contributed by atoms with Gasteiger partial charge in [-0.05, 0) is 84.4 Å². The SMILES string of the molecule is COCCOCCOC(=O)C(c1ccccc1)N1CCC(c2ccc(NC(=O)c3ccccc3-c3ccc(C(F)(F)F)cc3)cc2)CC1. The fourth-order valence-corrected chi connectivity index (χ4v) is 5.96. The Hall–Kier alpha value is -4.51. The number of hydrogen-bond acceptors (Lipinski definition) is 6. The van der Waals surface area contributed by atoms with Crippen molar-refractivity contribution < 1.29 is 37.0 Å². The van der Waals surface area contributed by atoms with Crippen LogP contribution in [-0.4, -0.2) is 63.4 Å². The molecular weight excluding hydrogens is 621 g/mol. The standard InChI is InChI=1S/C38H39F3N2O5/c1-46-23-24-47-25-26-48-37(45)35(30-7-3-2-4-8-30)43-21-19-28(20-22-43)27-13-17-32(18-14-27)42-36(44)34-10-6-5-9-33(34)29-11-15-31(16-12-29)38(39,40)41/h2-18,28,35H,19-26H2,1H3,(H,42,44). The lowest BCUT2D eigenvalue weighted by atomic mass is 9.88. The number of anilines is 1. The van der Waals surface area contributed by atoms with Gasteiger partial charge in [0.25, 0.3) is 5.91 Å². The van der Waals surface area contributed by atoms with Crippen LogP contribution in [0, 0.1) is 0 Å². The fraction of sp³-hybridized carbons (Fsp3) is 0.316. The second kappa shape index (κ2) is 16.5. The largest absolute Gasteiger partial charge is 0.462 e. The molecule has 0 aliphatic carbocycles. The number of esters is 1. The van der Waals surface area contributed by atoms with Crippen LogP contribution in [0.15, 0.2) is 103 Å². The molecule has 0 spiro atoms. The van der Waals surface area contributed by atoms with Crippen LogP contribution < -0.4 is 5.32 Å². The first-order chi connectivity index (χ1) is 23.2. The van der Waals surface area contributed by atoms with Crippen LogP contribution in [0.5, 0.6) is 0 Å². The Morgan fingerprint density at radius 1 is 0.812 bits per heavy atom. The molecule has 1 atom stereocenters. The van der Waals surface area contributed by atoms with E-state index in [0.29, 0.717) is 55.3 Å². The molecule has 7 nitrogen and oxygen atoms in total. The molecule has 1 saturated heterocycles. The van der Waals surface area contributed by atoms with E-state index in [2.05, 4.69) is 10.2 Å². The number of halogens is 3. The van der Waals surface area contributed by atoms with Crippen molar-refractivity contribution in [2.45, 2.75) is 31.0 Å². The average molecular weight is 661 g/mol. The van der Waals surface area contributed by atoms with E-state index in [1.165, 1.54) is 12.1 Å². The highest BCUT2D eigenvalue weighted by molar-refractivity contribution is 6.08. The smallest absolute Gasteiger partial charge is 0.416 e. The third-order valence-corrected chi connectivity index (χ3v) is 8.47. The maximum atomic E-state index is 13.3. The summed E-state index contributed by atoms with van der Waals surface area (Å²) in [5.41, 5.74) is 3.32. The first-order valence-corrected chi connectivity index (χ1v) is 15.9. The van der Waals surface area contributed by atoms with Gasteiger partial charge in [0.15, 0.2) is 0 Å². The zero-order chi connectivity index (χ0) is 33.9. The molecule has 0 bridgehead atoms. The van der Waals surface area contributed by atoms with Crippen molar-refractivity contribution in [2.75, 3.05) is 51.9 Å². The molecule has 0 aromatic heterocycles. The number of methoxy groups -OCH3 is 1. The first-order valence-electron chi connectivity index (χ1n) is 15.9. The molecule has 1 amide bonds. The van der Waals surface area contributed by atoms with E-state index in [9.17, 15) is 22.8 Å². The van der Waals surface area contributed by atoms with E-state index < -0.39 is 17.8 Å². The summed E-state index contributed by atoms with van der Waals surface area (Å²) in [4.78, 5) is 28.7. The lowest BCUT2D eigenvalue weighted by molar-refractivity contribution is -0.152. The Kier molecular flexibility index (Phi) is 12.0. The van der Waals surface area contributed by atoms with Crippen LogP contribution >= 0.6 is 0 Å². The number of likely N-dealkylation sites (tertiary alicyclic amines) is 1. The lowest BCUT2D eigenvalue weighted by Gasteiger charge is -2.36. The lowest BCUT2D eigenvalue weighted by Crippen LogP contribution is -2.40. The van der Waals surface area contributed by atoms with Crippen LogP contribution in [-0.2, 0) is 25.2 Å². The molecule has 0 radical (unpaired) electrons. The minimum atomic E-state index is -4.43. The van der Waals surface area contributed by atoms with E-state index in [0.717, 1.165) is 36.1 Å². The van der Waals surface area contributed by atoms with Crippen LogP contribution in [0.4, 0.5) is 18.9 Å². The molecular formula is C38H39F3N2O5. The van der Waals surface area contributed by atoms with Gasteiger partial charge in [-0.2, -0.15) is 13.2 Å². The second-order valence-electron chi connectivity index (χ2n) is 11.6. The molecule has 10 heteroatoms. The van der Waals surface area contributed by atoms with E-state index in [-0.39, 0.29) is 24.4 Å². The molecule has 4 aromatic carbocycles. The van der Waals surface area contributed by atoms with Gasteiger partial charge in [0.1, 0.15) is 12.6 Å². The molecule has 1 unspecified atom stereocenters. The molecule has 1 heterocycles. The van der Waals surface area contributed by atoms with E-state index in [1.807, 2.05) is 54.6 Å². The summed E-state index contributed by atoms with van der Waals surface area (Å²) in [6, 6.07) is 28.5. The molecule has 1 N–H and O–H groups in total. The predicted molar refractivity (Wildman–Crippen MR) is 178 cm³/mol. The second-order valence-corrected chi connectivity index (χ2v) is 11.6. The number of hydrogen-bond donors (Lipinski definition) is 1. The van der Waals surface area contributed by atoms with E-state index in [1.54, 1.807) is 31.4 Å². The number of amides is 1. The van der Waals surface area contributed by atoms with Crippen LogP contribution in [0.3, 0.4) is 0 Å².